The first-order chi connectivity index (χ1) is 9.44. The molecule has 2 nitrogen and oxygen atoms in total. The molecule has 2 rings (SSSR count). The fourth-order valence-corrected chi connectivity index (χ4v) is 2.13. The van der Waals surface area contributed by atoms with E-state index in [1.165, 1.54) is 37.4 Å². The minimum atomic E-state index is -1.29. The van der Waals surface area contributed by atoms with Gasteiger partial charge in [0.1, 0.15) is 5.82 Å². The molecule has 0 amide bonds. The van der Waals surface area contributed by atoms with Gasteiger partial charge in [-0.25, -0.2) is 8.78 Å². The second-order valence-corrected chi connectivity index (χ2v) is 4.89. The van der Waals surface area contributed by atoms with E-state index in [9.17, 15) is 13.9 Å². The van der Waals surface area contributed by atoms with Crippen molar-refractivity contribution in [3.8, 4) is 5.75 Å². The van der Waals surface area contributed by atoms with Crippen LogP contribution in [0.15, 0.2) is 42.5 Å². The van der Waals surface area contributed by atoms with E-state index in [2.05, 4.69) is 0 Å². The van der Waals surface area contributed by atoms with E-state index in [-0.39, 0.29) is 18.0 Å². The Morgan fingerprint density at radius 2 is 1.75 bits per heavy atom. The molecule has 0 aromatic heterocycles. The molecule has 0 aliphatic heterocycles. The maximum atomic E-state index is 14.1. The topological polar surface area (TPSA) is 29.5 Å². The first-order valence-electron chi connectivity index (χ1n) is 6.24. The number of methoxy groups -OCH3 is 1. The van der Waals surface area contributed by atoms with Gasteiger partial charge in [0.2, 0.25) is 0 Å². The lowest BCUT2D eigenvalue weighted by Gasteiger charge is -2.24. The number of benzene rings is 2. The van der Waals surface area contributed by atoms with E-state index >= 15 is 0 Å². The van der Waals surface area contributed by atoms with Crippen molar-refractivity contribution >= 4 is 0 Å². The van der Waals surface area contributed by atoms with E-state index in [0.717, 1.165) is 0 Å². The molecule has 106 valence electrons. The predicted octanol–water partition coefficient (Wildman–Crippen LogP) is 3.42. The molecule has 4 heteroatoms. The van der Waals surface area contributed by atoms with Crippen LogP contribution in [0.1, 0.15) is 18.1 Å². The van der Waals surface area contributed by atoms with Crippen LogP contribution in [0.5, 0.6) is 5.75 Å². The smallest absolute Gasteiger partial charge is 0.168 e. The highest BCUT2D eigenvalue weighted by atomic mass is 19.1. The van der Waals surface area contributed by atoms with Crippen molar-refractivity contribution in [1.82, 2.24) is 0 Å². The van der Waals surface area contributed by atoms with Crippen molar-refractivity contribution in [2.24, 2.45) is 0 Å². The number of halogens is 2. The first-order valence-corrected chi connectivity index (χ1v) is 6.24. The lowest BCUT2D eigenvalue weighted by Crippen LogP contribution is -2.24. The summed E-state index contributed by atoms with van der Waals surface area (Å²) >= 11 is 0. The molecule has 20 heavy (non-hydrogen) atoms. The quantitative estimate of drug-likeness (QED) is 0.928. The highest BCUT2D eigenvalue weighted by molar-refractivity contribution is 5.33. The molecular formula is C16H16F2O2. The van der Waals surface area contributed by atoms with Gasteiger partial charge in [-0.15, -0.1) is 0 Å². The summed E-state index contributed by atoms with van der Waals surface area (Å²) < 4.78 is 31.9. The molecule has 0 aliphatic carbocycles. The van der Waals surface area contributed by atoms with Gasteiger partial charge in [-0.05, 0) is 36.2 Å². The molecule has 2 aromatic rings. The van der Waals surface area contributed by atoms with Crippen LogP contribution in [-0.4, -0.2) is 12.2 Å². The van der Waals surface area contributed by atoms with Gasteiger partial charge in [0, 0.05) is 6.42 Å². The van der Waals surface area contributed by atoms with E-state index in [1.54, 1.807) is 19.1 Å². The lowest BCUT2D eigenvalue weighted by atomic mass is 9.89. The Kier molecular flexibility index (Phi) is 4.04. The summed E-state index contributed by atoms with van der Waals surface area (Å²) in [4.78, 5) is 0. The monoisotopic (exact) mass is 278 g/mol. The zero-order valence-electron chi connectivity index (χ0n) is 11.4. The third-order valence-corrected chi connectivity index (χ3v) is 3.26. The molecule has 0 bridgehead atoms. The van der Waals surface area contributed by atoms with Gasteiger partial charge >= 0.3 is 0 Å². The normalized spacial score (nSPS) is 13.8. The molecule has 0 radical (unpaired) electrons. The molecular weight excluding hydrogens is 262 g/mol. The minimum absolute atomic E-state index is 0.0711. The van der Waals surface area contributed by atoms with Crippen LogP contribution < -0.4 is 4.74 Å². The molecule has 2 aromatic carbocycles. The SMILES string of the molecule is COc1cccc(CC(C)(O)c2ccc(F)cc2)c1F. The molecule has 0 heterocycles. The summed E-state index contributed by atoms with van der Waals surface area (Å²) in [5.41, 5.74) is -0.416. The zero-order valence-corrected chi connectivity index (χ0v) is 11.4. The van der Waals surface area contributed by atoms with Crippen molar-refractivity contribution < 1.29 is 18.6 Å². The summed E-state index contributed by atoms with van der Waals surface area (Å²) in [5, 5.41) is 10.5. The van der Waals surface area contributed by atoms with E-state index < -0.39 is 11.4 Å². The van der Waals surface area contributed by atoms with Gasteiger partial charge < -0.3 is 9.84 Å². The predicted molar refractivity (Wildman–Crippen MR) is 72.6 cm³/mol. The van der Waals surface area contributed by atoms with Crippen LogP contribution in [0.4, 0.5) is 8.78 Å². The Bertz CT molecular complexity index is 592. The molecule has 0 spiro atoms. The van der Waals surface area contributed by atoms with Crippen molar-refractivity contribution in [2.45, 2.75) is 18.9 Å². The highest BCUT2D eigenvalue weighted by Crippen LogP contribution is 2.29. The fourth-order valence-electron chi connectivity index (χ4n) is 2.13. The molecule has 0 aliphatic rings. The number of aliphatic hydroxyl groups is 1. The van der Waals surface area contributed by atoms with E-state index in [1.807, 2.05) is 0 Å². The third-order valence-electron chi connectivity index (χ3n) is 3.26. The van der Waals surface area contributed by atoms with Crippen LogP contribution in [0.25, 0.3) is 0 Å². The summed E-state index contributed by atoms with van der Waals surface area (Å²) in [6.45, 7) is 1.57. The highest BCUT2D eigenvalue weighted by Gasteiger charge is 2.25. The zero-order chi connectivity index (χ0) is 14.8. The van der Waals surface area contributed by atoms with Crippen molar-refractivity contribution in [1.29, 1.82) is 0 Å². The van der Waals surface area contributed by atoms with Crippen molar-refractivity contribution in [2.75, 3.05) is 7.11 Å². The third kappa shape index (κ3) is 2.96. The number of ether oxygens (including phenoxy) is 1. The van der Waals surface area contributed by atoms with Gasteiger partial charge in [0.25, 0.3) is 0 Å². The number of rotatable bonds is 4. The average molecular weight is 278 g/mol. The standard InChI is InChI=1S/C16H16F2O2/c1-16(19,12-6-8-13(17)9-7-12)10-11-4-3-5-14(20-2)15(11)18/h3-9,19H,10H2,1-2H3. The average Bonchev–Trinajstić information content (AvgIpc) is 2.41. The lowest BCUT2D eigenvalue weighted by molar-refractivity contribution is 0.0565. The molecule has 0 saturated carbocycles. The van der Waals surface area contributed by atoms with Crippen LogP contribution in [0.2, 0.25) is 0 Å². The summed E-state index contributed by atoms with van der Waals surface area (Å²) in [5.74, 6) is -0.730. The first kappa shape index (κ1) is 14.5. The van der Waals surface area contributed by atoms with Crippen LogP contribution in [0, 0.1) is 11.6 Å². The molecule has 1 N–H and O–H groups in total. The Labute approximate surface area is 116 Å². The molecule has 1 unspecified atom stereocenters. The Hall–Kier alpha value is -1.94. The van der Waals surface area contributed by atoms with Gasteiger partial charge in [0.05, 0.1) is 12.7 Å². The maximum Gasteiger partial charge on any atom is 0.168 e. The molecule has 0 fully saturated rings. The summed E-state index contributed by atoms with van der Waals surface area (Å²) in [6.07, 6.45) is 0.0711. The number of hydrogen-bond acceptors (Lipinski definition) is 2. The van der Waals surface area contributed by atoms with Gasteiger partial charge in [-0.2, -0.15) is 0 Å². The van der Waals surface area contributed by atoms with E-state index in [0.29, 0.717) is 11.1 Å². The maximum absolute atomic E-state index is 14.1. The van der Waals surface area contributed by atoms with Gasteiger partial charge in [-0.1, -0.05) is 24.3 Å². The second-order valence-electron chi connectivity index (χ2n) is 4.89. The largest absolute Gasteiger partial charge is 0.494 e. The van der Waals surface area contributed by atoms with Crippen LogP contribution >= 0.6 is 0 Å². The molecule has 0 saturated heterocycles. The Morgan fingerprint density at radius 3 is 2.35 bits per heavy atom. The Balaban J connectivity index is 2.30. The fraction of sp³-hybridized carbons (Fsp3) is 0.250. The van der Waals surface area contributed by atoms with Gasteiger partial charge in [0.15, 0.2) is 11.6 Å². The second kappa shape index (κ2) is 5.59. The summed E-state index contributed by atoms with van der Waals surface area (Å²) in [7, 11) is 1.39. The Morgan fingerprint density at radius 1 is 1.10 bits per heavy atom. The van der Waals surface area contributed by atoms with E-state index in [4.69, 9.17) is 4.74 Å². The van der Waals surface area contributed by atoms with Crippen molar-refractivity contribution in [3.63, 3.8) is 0 Å². The minimum Gasteiger partial charge on any atom is -0.494 e. The van der Waals surface area contributed by atoms with Crippen LogP contribution in [-0.2, 0) is 12.0 Å². The number of hydrogen-bond donors (Lipinski definition) is 1. The summed E-state index contributed by atoms with van der Waals surface area (Å²) in [6, 6.07) is 10.3. The van der Waals surface area contributed by atoms with Gasteiger partial charge in [-0.3, -0.25) is 0 Å². The van der Waals surface area contributed by atoms with Crippen LogP contribution in [0.3, 0.4) is 0 Å². The van der Waals surface area contributed by atoms with Crippen molar-refractivity contribution in [3.05, 3.63) is 65.2 Å². The molecule has 1 atom stereocenters.